The summed E-state index contributed by atoms with van der Waals surface area (Å²) in [6.45, 7) is 3.70. The van der Waals surface area contributed by atoms with Crippen LogP contribution in [-0.4, -0.2) is 4.98 Å². The number of nitriles is 1. The van der Waals surface area contributed by atoms with Crippen LogP contribution in [0, 0.1) is 11.3 Å². The fourth-order valence-corrected chi connectivity index (χ4v) is 2.00. The lowest BCUT2D eigenvalue weighted by Crippen LogP contribution is -1.84. The highest BCUT2D eigenvalue weighted by atomic mass is 32.1. The lowest BCUT2D eigenvalue weighted by atomic mass is 10.1. The molecule has 0 saturated carbocycles. The average Bonchev–Trinajstić information content (AvgIpc) is 2.63. The summed E-state index contributed by atoms with van der Waals surface area (Å²) in [5.41, 5.74) is 1.47. The Morgan fingerprint density at radius 3 is 3.15 bits per heavy atom. The predicted octanol–water partition coefficient (Wildman–Crippen LogP) is 2.81. The summed E-state index contributed by atoms with van der Waals surface area (Å²) >= 11 is 1.57. The van der Waals surface area contributed by atoms with Gasteiger partial charge in [-0.15, -0.1) is 11.3 Å². The van der Waals surface area contributed by atoms with E-state index in [1.54, 1.807) is 23.6 Å². The maximum Gasteiger partial charge on any atom is 0.123 e. The van der Waals surface area contributed by atoms with Crippen molar-refractivity contribution in [1.82, 2.24) is 4.98 Å². The molecule has 0 bridgehead atoms. The largest absolute Gasteiger partial charge is 0.244 e. The smallest absolute Gasteiger partial charge is 0.123 e. The van der Waals surface area contributed by atoms with Crippen molar-refractivity contribution in [3.05, 3.63) is 35.3 Å². The molecule has 2 aromatic heterocycles. The van der Waals surface area contributed by atoms with Crippen molar-refractivity contribution in [2.45, 2.75) is 0 Å². The molecule has 0 unspecified atom stereocenters. The minimum absolute atomic E-state index is 0.584. The van der Waals surface area contributed by atoms with Crippen molar-refractivity contribution in [3.8, 4) is 6.07 Å². The van der Waals surface area contributed by atoms with Gasteiger partial charge in [0.05, 0.1) is 5.56 Å². The first-order valence-electron chi connectivity index (χ1n) is 3.75. The van der Waals surface area contributed by atoms with Crippen LogP contribution < -0.4 is 0 Å². The number of rotatable bonds is 1. The maximum atomic E-state index is 8.81. The normalized spacial score (nSPS) is 9.77. The monoisotopic (exact) mass is 186 g/mol. The second kappa shape index (κ2) is 3.00. The van der Waals surface area contributed by atoms with Gasteiger partial charge in [0.1, 0.15) is 10.9 Å². The molecule has 0 fully saturated rings. The van der Waals surface area contributed by atoms with E-state index in [1.807, 2.05) is 11.4 Å². The molecular formula is C10H6N2S. The molecular weight excluding hydrogens is 180 g/mol. The van der Waals surface area contributed by atoms with Crippen LogP contribution in [0.2, 0.25) is 0 Å². The number of thiophene rings is 1. The Balaban J connectivity index is 2.91. The standard InChI is InChI=1S/C10H6N2S/c1-2-8-7(5-11)6-12-10-9(8)3-4-13-10/h2-4,6H,1H2. The third-order valence-corrected chi connectivity index (χ3v) is 2.68. The molecule has 2 aromatic rings. The van der Waals surface area contributed by atoms with Crippen LogP contribution in [0.25, 0.3) is 16.3 Å². The Labute approximate surface area is 79.8 Å². The summed E-state index contributed by atoms with van der Waals surface area (Å²) in [5, 5.41) is 11.8. The van der Waals surface area contributed by atoms with Crippen LogP contribution in [-0.2, 0) is 0 Å². The zero-order chi connectivity index (χ0) is 9.26. The summed E-state index contributed by atoms with van der Waals surface area (Å²) < 4.78 is 0. The molecule has 2 rings (SSSR count). The molecule has 0 aliphatic rings. The molecule has 0 aromatic carbocycles. The summed E-state index contributed by atoms with van der Waals surface area (Å²) in [4.78, 5) is 5.12. The van der Waals surface area contributed by atoms with Crippen LogP contribution in [0.3, 0.4) is 0 Å². The van der Waals surface area contributed by atoms with E-state index in [2.05, 4.69) is 17.6 Å². The van der Waals surface area contributed by atoms with E-state index in [0.29, 0.717) is 5.56 Å². The Hall–Kier alpha value is -1.66. The molecule has 0 amide bonds. The first kappa shape index (κ1) is 7.96. The lowest BCUT2D eigenvalue weighted by Gasteiger charge is -1.97. The van der Waals surface area contributed by atoms with Crippen molar-refractivity contribution in [3.63, 3.8) is 0 Å². The molecule has 13 heavy (non-hydrogen) atoms. The Kier molecular flexibility index (Phi) is 1.84. The van der Waals surface area contributed by atoms with Crippen LogP contribution in [0.4, 0.5) is 0 Å². The number of fused-ring (bicyclic) bond motifs is 1. The molecule has 0 N–H and O–H groups in total. The summed E-state index contributed by atoms with van der Waals surface area (Å²) in [6, 6.07) is 4.06. The second-order valence-corrected chi connectivity index (χ2v) is 3.44. The molecule has 0 saturated heterocycles. The van der Waals surface area contributed by atoms with Crippen LogP contribution in [0.15, 0.2) is 24.2 Å². The van der Waals surface area contributed by atoms with E-state index in [0.717, 1.165) is 15.8 Å². The average molecular weight is 186 g/mol. The molecule has 0 radical (unpaired) electrons. The van der Waals surface area contributed by atoms with E-state index < -0.39 is 0 Å². The minimum Gasteiger partial charge on any atom is -0.244 e. The number of nitrogens with zero attached hydrogens (tertiary/aromatic N) is 2. The molecule has 0 aliphatic heterocycles. The number of pyridine rings is 1. The van der Waals surface area contributed by atoms with Crippen LogP contribution >= 0.6 is 11.3 Å². The quantitative estimate of drug-likeness (QED) is 0.686. The molecule has 62 valence electrons. The van der Waals surface area contributed by atoms with Gasteiger partial charge in [0.25, 0.3) is 0 Å². The van der Waals surface area contributed by atoms with Gasteiger partial charge in [0.15, 0.2) is 0 Å². The minimum atomic E-state index is 0.584. The molecule has 3 heteroatoms. The Bertz CT molecular complexity index is 505. The number of aromatic nitrogens is 1. The third-order valence-electron chi connectivity index (χ3n) is 1.86. The summed E-state index contributed by atoms with van der Waals surface area (Å²) in [6.07, 6.45) is 3.30. The fourth-order valence-electron chi connectivity index (χ4n) is 1.25. The Morgan fingerprint density at radius 1 is 1.62 bits per heavy atom. The van der Waals surface area contributed by atoms with E-state index in [9.17, 15) is 0 Å². The maximum absolute atomic E-state index is 8.81. The topological polar surface area (TPSA) is 36.7 Å². The number of hydrogen-bond donors (Lipinski definition) is 0. The van der Waals surface area contributed by atoms with Gasteiger partial charge >= 0.3 is 0 Å². The number of hydrogen-bond acceptors (Lipinski definition) is 3. The summed E-state index contributed by atoms with van der Waals surface area (Å²) in [5.74, 6) is 0. The van der Waals surface area contributed by atoms with Gasteiger partial charge in [-0.05, 0) is 11.4 Å². The van der Waals surface area contributed by atoms with Gasteiger partial charge in [-0.2, -0.15) is 5.26 Å². The van der Waals surface area contributed by atoms with Gasteiger partial charge in [-0.3, -0.25) is 0 Å². The third kappa shape index (κ3) is 1.12. The first-order chi connectivity index (χ1) is 6.36. The Morgan fingerprint density at radius 2 is 2.46 bits per heavy atom. The first-order valence-corrected chi connectivity index (χ1v) is 4.63. The highest BCUT2D eigenvalue weighted by Crippen LogP contribution is 2.25. The zero-order valence-corrected chi connectivity index (χ0v) is 7.64. The lowest BCUT2D eigenvalue weighted by molar-refractivity contribution is 1.38. The molecule has 0 spiro atoms. The van der Waals surface area contributed by atoms with Gasteiger partial charge in [0.2, 0.25) is 0 Å². The zero-order valence-electron chi connectivity index (χ0n) is 6.82. The molecule has 0 aliphatic carbocycles. The van der Waals surface area contributed by atoms with Gasteiger partial charge < -0.3 is 0 Å². The van der Waals surface area contributed by atoms with Crippen molar-refractivity contribution >= 4 is 27.6 Å². The van der Waals surface area contributed by atoms with E-state index >= 15 is 0 Å². The van der Waals surface area contributed by atoms with E-state index in [1.165, 1.54) is 0 Å². The van der Waals surface area contributed by atoms with Crippen LogP contribution in [0.1, 0.15) is 11.1 Å². The van der Waals surface area contributed by atoms with E-state index in [-0.39, 0.29) is 0 Å². The second-order valence-electron chi connectivity index (χ2n) is 2.54. The molecule has 2 nitrogen and oxygen atoms in total. The van der Waals surface area contributed by atoms with Crippen molar-refractivity contribution in [1.29, 1.82) is 5.26 Å². The molecule has 2 heterocycles. The molecule has 0 atom stereocenters. The van der Waals surface area contributed by atoms with Gasteiger partial charge in [0, 0.05) is 17.1 Å². The van der Waals surface area contributed by atoms with Crippen molar-refractivity contribution in [2.24, 2.45) is 0 Å². The predicted molar refractivity (Wildman–Crippen MR) is 54.4 cm³/mol. The SMILES string of the molecule is C=Cc1c(C#N)cnc2sccc12. The van der Waals surface area contributed by atoms with Crippen molar-refractivity contribution < 1.29 is 0 Å². The van der Waals surface area contributed by atoms with Gasteiger partial charge in [-0.25, -0.2) is 4.98 Å². The van der Waals surface area contributed by atoms with E-state index in [4.69, 9.17) is 5.26 Å². The van der Waals surface area contributed by atoms with Crippen LogP contribution in [0.5, 0.6) is 0 Å². The van der Waals surface area contributed by atoms with Gasteiger partial charge in [-0.1, -0.05) is 12.7 Å². The van der Waals surface area contributed by atoms with Crippen molar-refractivity contribution in [2.75, 3.05) is 0 Å². The highest BCUT2D eigenvalue weighted by Gasteiger charge is 2.05. The fraction of sp³-hybridized carbons (Fsp3) is 0. The summed E-state index contributed by atoms with van der Waals surface area (Å²) in [7, 11) is 0. The highest BCUT2D eigenvalue weighted by molar-refractivity contribution is 7.16.